The van der Waals surface area contributed by atoms with Crippen molar-refractivity contribution < 1.29 is 24.2 Å². The van der Waals surface area contributed by atoms with Crippen LogP contribution in [-0.2, 0) is 17.6 Å². The largest absolute Gasteiger partial charge is 0.481 e. The topological polar surface area (TPSA) is 72.8 Å². The first kappa shape index (κ1) is 24.7. The minimum Gasteiger partial charge on any atom is -0.481 e. The highest BCUT2D eigenvalue weighted by atomic mass is 16.5. The van der Waals surface area contributed by atoms with Crippen molar-refractivity contribution in [1.82, 2.24) is 0 Å². The summed E-state index contributed by atoms with van der Waals surface area (Å²) < 4.78 is 12.2. The molecule has 0 saturated carbocycles. The van der Waals surface area contributed by atoms with Crippen LogP contribution in [0.15, 0.2) is 91.0 Å². The number of carbonyl (C=O) groups is 2. The van der Waals surface area contributed by atoms with Crippen molar-refractivity contribution in [3.63, 3.8) is 0 Å². The zero-order chi connectivity index (χ0) is 25.5. The molecule has 0 unspecified atom stereocenters. The first-order valence-corrected chi connectivity index (χ1v) is 11.9. The van der Waals surface area contributed by atoms with Crippen LogP contribution in [0, 0.1) is 6.92 Å². The highest BCUT2D eigenvalue weighted by Crippen LogP contribution is 2.32. The summed E-state index contributed by atoms with van der Waals surface area (Å²) in [5, 5.41) is 8.92. The number of hydrogen-bond acceptors (Lipinski definition) is 4. The number of carboxylic acid groups (broad SMARTS) is 1. The Hall–Kier alpha value is -4.38. The van der Waals surface area contributed by atoms with Crippen molar-refractivity contribution in [2.45, 2.75) is 33.1 Å². The fourth-order valence-electron chi connectivity index (χ4n) is 3.93. The average molecular weight is 481 g/mol. The van der Waals surface area contributed by atoms with E-state index in [-0.39, 0.29) is 12.2 Å². The fraction of sp³-hybridized carbons (Fsp3) is 0.161. The number of carbonyl (C=O) groups excluding carboxylic acids is 1. The van der Waals surface area contributed by atoms with Crippen molar-refractivity contribution >= 4 is 11.8 Å². The zero-order valence-electron chi connectivity index (χ0n) is 20.4. The fourth-order valence-corrected chi connectivity index (χ4v) is 3.93. The van der Waals surface area contributed by atoms with E-state index in [2.05, 4.69) is 0 Å². The number of aryl methyl sites for hydroxylation is 3. The highest BCUT2D eigenvalue weighted by Gasteiger charge is 2.16. The van der Waals surface area contributed by atoms with Crippen LogP contribution in [0.2, 0.25) is 0 Å². The van der Waals surface area contributed by atoms with Crippen molar-refractivity contribution in [2.24, 2.45) is 0 Å². The lowest BCUT2D eigenvalue weighted by Crippen LogP contribution is -2.04. The number of benzene rings is 4. The highest BCUT2D eigenvalue weighted by molar-refractivity contribution is 6.10. The van der Waals surface area contributed by atoms with Gasteiger partial charge in [-0.25, -0.2) is 0 Å². The summed E-state index contributed by atoms with van der Waals surface area (Å²) in [5.74, 6) is 1.36. The Balaban J connectivity index is 1.55. The summed E-state index contributed by atoms with van der Waals surface area (Å²) in [6.07, 6.45) is 1.38. The third-order valence-corrected chi connectivity index (χ3v) is 5.92. The Morgan fingerprint density at radius 1 is 0.778 bits per heavy atom. The molecule has 0 spiro atoms. The molecule has 5 heteroatoms. The monoisotopic (exact) mass is 480 g/mol. The van der Waals surface area contributed by atoms with Gasteiger partial charge in [0.15, 0.2) is 5.78 Å². The van der Waals surface area contributed by atoms with Gasteiger partial charge in [0.1, 0.15) is 23.0 Å². The first-order chi connectivity index (χ1) is 17.4. The minimum atomic E-state index is -0.815. The normalized spacial score (nSPS) is 10.6. The maximum atomic E-state index is 13.2. The Bertz CT molecular complexity index is 1380. The summed E-state index contributed by atoms with van der Waals surface area (Å²) in [6.45, 7) is 3.99. The Labute approximate surface area is 211 Å². The maximum Gasteiger partial charge on any atom is 0.303 e. The lowest BCUT2D eigenvalue weighted by molar-refractivity contribution is -0.136. The third-order valence-electron chi connectivity index (χ3n) is 5.92. The quantitative estimate of drug-likeness (QED) is 0.240. The lowest BCUT2D eigenvalue weighted by atomic mass is 9.99. The number of carboxylic acids is 1. The van der Waals surface area contributed by atoms with Gasteiger partial charge in [0.05, 0.1) is 5.56 Å². The molecule has 0 atom stereocenters. The smallest absolute Gasteiger partial charge is 0.303 e. The van der Waals surface area contributed by atoms with Crippen molar-refractivity contribution in [3.05, 3.63) is 119 Å². The van der Waals surface area contributed by atoms with Crippen LogP contribution < -0.4 is 9.47 Å². The van der Waals surface area contributed by atoms with Gasteiger partial charge in [-0.2, -0.15) is 0 Å². The van der Waals surface area contributed by atoms with Crippen LogP contribution in [0.5, 0.6) is 23.0 Å². The molecule has 0 bridgehead atoms. The van der Waals surface area contributed by atoms with Gasteiger partial charge in [0.2, 0.25) is 0 Å². The van der Waals surface area contributed by atoms with Gasteiger partial charge in [0.25, 0.3) is 0 Å². The van der Waals surface area contributed by atoms with Gasteiger partial charge in [-0.1, -0.05) is 55.5 Å². The van der Waals surface area contributed by atoms with E-state index in [1.54, 1.807) is 18.2 Å². The number of aliphatic carboxylic acids is 1. The minimum absolute atomic E-state index is 0.0910. The summed E-state index contributed by atoms with van der Waals surface area (Å²) in [6, 6.07) is 27.7. The van der Waals surface area contributed by atoms with Gasteiger partial charge < -0.3 is 14.6 Å². The lowest BCUT2D eigenvalue weighted by Gasteiger charge is -2.14. The summed E-state index contributed by atoms with van der Waals surface area (Å²) in [5.41, 5.74) is 4.13. The third kappa shape index (κ3) is 6.19. The molecule has 4 aromatic rings. The summed E-state index contributed by atoms with van der Waals surface area (Å²) in [7, 11) is 0. The van der Waals surface area contributed by atoms with E-state index in [9.17, 15) is 9.59 Å². The molecule has 4 rings (SSSR count). The molecule has 1 N–H and O–H groups in total. The second kappa shape index (κ2) is 11.4. The Morgan fingerprint density at radius 2 is 1.50 bits per heavy atom. The molecular formula is C31H28O5. The van der Waals surface area contributed by atoms with Crippen LogP contribution in [0.3, 0.4) is 0 Å². The van der Waals surface area contributed by atoms with E-state index in [1.165, 1.54) is 0 Å². The SMILES string of the molecule is CCc1ccc(Oc2cccc(Oc3ccc(CCC(=O)O)c(C)c3)c2)c(C(=O)c2ccccc2)c1. The Morgan fingerprint density at radius 3 is 2.19 bits per heavy atom. The van der Waals surface area contributed by atoms with E-state index in [4.69, 9.17) is 14.6 Å². The van der Waals surface area contributed by atoms with Gasteiger partial charge in [-0.15, -0.1) is 0 Å². The summed E-state index contributed by atoms with van der Waals surface area (Å²) >= 11 is 0. The molecule has 0 aliphatic heterocycles. The molecule has 0 aromatic heterocycles. The van der Waals surface area contributed by atoms with Crippen molar-refractivity contribution in [1.29, 1.82) is 0 Å². The van der Waals surface area contributed by atoms with E-state index in [0.717, 1.165) is 23.1 Å². The standard InChI is InChI=1S/C31H28O5/c1-3-22-12-16-29(28(19-22)31(34)24-8-5-4-6-9-24)36-26-11-7-10-25(20-26)35-27-15-13-23(21(2)18-27)14-17-30(32)33/h4-13,15-16,18-20H,3,14,17H2,1-2H3,(H,32,33). The van der Waals surface area contributed by atoms with Gasteiger partial charge in [-0.05, 0) is 72.9 Å². The van der Waals surface area contributed by atoms with Crippen LogP contribution in [-0.4, -0.2) is 16.9 Å². The molecule has 0 aliphatic carbocycles. The van der Waals surface area contributed by atoms with Gasteiger partial charge >= 0.3 is 5.97 Å². The van der Waals surface area contributed by atoms with Crippen LogP contribution >= 0.6 is 0 Å². The van der Waals surface area contributed by atoms with Crippen molar-refractivity contribution in [2.75, 3.05) is 0 Å². The maximum absolute atomic E-state index is 13.2. The van der Waals surface area contributed by atoms with Crippen LogP contribution in [0.25, 0.3) is 0 Å². The van der Waals surface area contributed by atoms with E-state index >= 15 is 0 Å². The van der Waals surface area contributed by atoms with E-state index in [0.29, 0.717) is 40.5 Å². The van der Waals surface area contributed by atoms with Crippen LogP contribution in [0.4, 0.5) is 0 Å². The first-order valence-electron chi connectivity index (χ1n) is 11.9. The number of hydrogen-bond donors (Lipinski definition) is 1. The average Bonchev–Trinajstić information content (AvgIpc) is 2.88. The summed E-state index contributed by atoms with van der Waals surface area (Å²) in [4.78, 5) is 24.1. The zero-order valence-corrected chi connectivity index (χ0v) is 20.4. The molecule has 0 amide bonds. The molecule has 0 aliphatic rings. The van der Waals surface area contributed by atoms with Gasteiger partial charge in [0, 0.05) is 18.1 Å². The van der Waals surface area contributed by atoms with Crippen LogP contribution in [0.1, 0.15) is 46.0 Å². The molecule has 182 valence electrons. The van der Waals surface area contributed by atoms with E-state index in [1.807, 2.05) is 86.6 Å². The number of ketones is 1. The molecular weight excluding hydrogens is 452 g/mol. The Kier molecular flexibility index (Phi) is 7.81. The van der Waals surface area contributed by atoms with Crippen molar-refractivity contribution in [3.8, 4) is 23.0 Å². The molecule has 5 nitrogen and oxygen atoms in total. The second-order valence-corrected chi connectivity index (χ2v) is 8.54. The molecule has 4 aromatic carbocycles. The molecule has 0 saturated heterocycles. The molecule has 36 heavy (non-hydrogen) atoms. The number of ether oxygens (including phenoxy) is 2. The predicted molar refractivity (Wildman–Crippen MR) is 139 cm³/mol. The second-order valence-electron chi connectivity index (χ2n) is 8.54. The number of rotatable bonds is 10. The van der Waals surface area contributed by atoms with Gasteiger partial charge in [-0.3, -0.25) is 9.59 Å². The molecule has 0 heterocycles. The predicted octanol–water partition coefficient (Wildman–Crippen LogP) is 7.39. The molecule has 0 fully saturated rings. The molecule has 0 radical (unpaired) electrons. The van der Waals surface area contributed by atoms with E-state index < -0.39 is 5.97 Å².